The Kier molecular flexibility index (Phi) is 3.74. The molecule has 0 spiro atoms. The van der Waals surface area contributed by atoms with Crippen molar-refractivity contribution in [2.24, 2.45) is 5.92 Å². The summed E-state index contributed by atoms with van der Waals surface area (Å²) in [6, 6.07) is 15.6. The lowest BCUT2D eigenvalue weighted by atomic mass is 10.3. The van der Waals surface area contributed by atoms with Gasteiger partial charge in [0, 0.05) is 10.5 Å². The molecular weight excluding hydrogens is 304 g/mol. The molecule has 2 aromatic rings. The molecule has 2 nitrogen and oxygen atoms in total. The van der Waals surface area contributed by atoms with E-state index in [1.807, 2.05) is 48.5 Å². The van der Waals surface area contributed by atoms with Gasteiger partial charge in [-0.15, -0.1) is 0 Å². The van der Waals surface area contributed by atoms with Crippen LogP contribution in [0.4, 0.5) is 0 Å². The third-order valence-electron chi connectivity index (χ3n) is 3.04. The number of benzene rings is 2. The third kappa shape index (κ3) is 3.74. The predicted molar refractivity (Wildman–Crippen MR) is 78.9 cm³/mol. The number of hydrogen-bond donors (Lipinski definition) is 0. The fraction of sp³-hybridized carbons (Fsp3) is 0.250. The first-order chi connectivity index (χ1) is 9.29. The molecule has 0 N–H and O–H groups in total. The normalized spacial score (nSPS) is 14.2. The van der Waals surface area contributed by atoms with Crippen LogP contribution in [0.5, 0.6) is 17.2 Å². The van der Waals surface area contributed by atoms with Crippen molar-refractivity contribution >= 4 is 15.9 Å². The van der Waals surface area contributed by atoms with Gasteiger partial charge in [0.2, 0.25) is 0 Å². The Morgan fingerprint density at radius 1 is 0.947 bits per heavy atom. The average Bonchev–Trinajstić information content (AvgIpc) is 3.24. The zero-order chi connectivity index (χ0) is 13.1. The van der Waals surface area contributed by atoms with Gasteiger partial charge < -0.3 is 9.47 Å². The van der Waals surface area contributed by atoms with Crippen molar-refractivity contribution in [1.82, 2.24) is 0 Å². The molecule has 1 fully saturated rings. The zero-order valence-electron chi connectivity index (χ0n) is 10.5. The molecule has 19 heavy (non-hydrogen) atoms. The van der Waals surface area contributed by atoms with Gasteiger partial charge in [-0.1, -0.05) is 22.0 Å². The molecule has 1 saturated carbocycles. The van der Waals surface area contributed by atoms with Crippen LogP contribution in [0.2, 0.25) is 0 Å². The van der Waals surface area contributed by atoms with Gasteiger partial charge >= 0.3 is 0 Å². The van der Waals surface area contributed by atoms with Crippen molar-refractivity contribution in [3.8, 4) is 17.2 Å². The van der Waals surface area contributed by atoms with Crippen molar-refractivity contribution in [2.75, 3.05) is 6.61 Å². The summed E-state index contributed by atoms with van der Waals surface area (Å²) in [5.74, 6) is 3.26. The minimum absolute atomic E-state index is 0.760. The Balaban J connectivity index is 1.66. The molecule has 0 radical (unpaired) electrons. The molecule has 0 unspecified atom stereocenters. The third-order valence-corrected chi connectivity index (χ3v) is 3.57. The summed E-state index contributed by atoms with van der Waals surface area (Å²) in [7, 11) is 0. The summed E-state index contributed by atoms with van der Waals surface area (Å²) in [4.78, 5) is 0. The van der Waals surface area contributed by atoms with E-state index in [1.165, 1.54) is 12.8 Å². The van der Waals surface area contributed by atoms with Gasteiger partial charge in [0.15, 0.2) is 0 Å². The number of rotatable bonds is 5. The second kappa shape index (κ2) is 5.66. The first-order valence-corrected chi connectivity index (χ1v) is 7.25. The quantitative estimate of drug-likeness (QED) is 0.769. The Morgan fingerprint density at radius 2 is 1.68 bits per heavy atom. The van der Waals surface area contributed by atoms with E-state index in [-0.39, 0.29) is 0 Å². The molecule has 0 aromatic heterocycles. The molecular formula is C16H15BrO2. The highest BCUT2D eigenvalue weighted by atomic mass is 79.9. The van der Waals surface area contributed by atoms with E-state index in [4.69, 9.17) is 9.47 Å². The first kappa shape index (κ1) is 12.5. The molecule has 2 aromatic carbocycles. The van der Waals surface area contributed by atoms with E-state index in [1.54, 1.807) is 0 Å². The van der Waals surface area contributed by atoms with E-state index < -0.39 is 0 Å². The number of hydrogen-bond acceptors (Lipinski definition) is 2. The van der Waals surface area contributed by atoms with Crippen LogP contribution in [0.3, 0.4) is 0 Å². The Hall–Kier alpha value is -1.48. The largest absolute Gasteiger partial charge is 0.493 e. The van der Waals surface area contributed by atoms with Gasteiger partial charge in [0.05, 0.1) is 6.61 Å². The second-order valence-electron chi connectivity index (χ2n) is 4.79. The standard InChI is InChI=1S/C16H15BrO2/c17-13-6-8-14(9-7-13)19-16-3-1-2-15(10-16)18-11-12-4-5-12/h1-3,6-10,12H,4-5,11H2. The molecule has 3 rings (SSSR count). The minimum Gasteiger partial charge on any atom is -0.493 e. The SMILES string of the molecule is Brc1ccc(Oc2cccc(OCC3CC3)c2)cc1. The van der Waals surface area contributed by atoms with Crippen LogP contribution in [0.15, 0.2) is 53.0 Å². The minimum atomic E-state index is 0.760. The molecule has 98 valence electrons. The smallest absolute Gasteiger partial charge is 0.131 e. The molecule has 0 atom stereocenters. The fourth-order valence-electron chi connectivity index (χ4n) is 1.76. The van der Waals surface area contributed by atoms with Crippen molar-refractivity contribution in [2.45, 2.75) is 12.8 Å². The molecule has 0 heterocycles. The van der Waals surface area contributed by atoms with Crippen molar-refractivity contribution in [1.29, 1.82) is 0 Å². The monoisotopic (exact) mass is 318 g/mol. The number of halogens is 1. The van der Waals surface area contributed by atoms with Gasteiger partial charge in [0.1, 0.15) is 17.2 Å². The van der Waals surface area contributed by atoms with Crippen molar-refractivity contribution < 1.29 is 9.47 Å². The summed E-state index contributed by atoms with van der Waals surface area (Å²) < 4.78 is 12.6. The van der Waals surface area contributed by atoms with Crippen LogP contribution in [0.25, 0.3) is 0 Å². The van der Waals surface area contributed by atoms with E-state index in [0.29, 0.717) is 0 Å². The van der Waals surface area contributed by atoms with Crippen LogP contribution >= 0.6 is 15.9 Å². The van der Waals surface area contributed by atoms with Crippen molar-refractivity contribution in [3.63, 3.8) is 0 Å². The van der Waals surface area contributed by atoms with E-state index >= 15 is 0 Å². The highest BCUT2D eigenvalue weighted by Gasteiger charge is 2.21. The van der Waals surface area contributed by atoms with Crippen LogP contribution < -0.4 is 9.47 Å². The topological polar surface area (TPSA) is 18.5 Å². The lowest BCUT2D eigenvalue weighted by Gasteiger charge is -2.09. The van der Waals surface area contributed by atoms with E-state index in [2.05, 4.69) is 15.9 Å². The molecule has 1 aliphatic rings. The van der Waals surface area contributed by atoms with Gasteiger partial charge in [0.25, 0.3) is 0 Å². The Morgan fingerprint density at radius 3 is 2.42 bits per heavy atom. The predicted octanol–water partition coefficient (Wildman–Crippen LogP) is 5.03. The lowest BCUT2D eigenvalue weighted by molar-refractivity contribution is 0.298. The summed E-state index contributed by atoms with van der Waals surface area (Å²) in [5.41, 5.74) is 0. The van der Waals surface area contributed by atoms with Crippen LogP contribution in [-0.2, 0) is 0 Å². The number of ether oxygens (including phenoxy) is 2. The Bertz CT molecular complexity index is 547. The maximum absolute atomic E-state index is 5.80. The molecule has 0 aliphatic heterocycles. The second-order valence-corrected chi connectivity index (χ2v) is 5.70. The van der Waals surface area contributed by atoms with Gasteiger partial charge in [-0.25, -0.2) is 0 Å². The fourth-order valence-corrected chi connectivity index (χ4v) is 2.03. The van der Waals surface area contributed by atoms with E-state index in [9.17, 15) is 0 Å². The summed E-state index contributed by atoms with van der Waals surface area (Å²) in [6.45, 7) is 0.821. The summed E-state index contributed by atoms with van der Waals surface area (Å²) >= 11 is 3.41. The maximum Gasteiger partial charge on any atom is 0.131 e. The zero-order valence-corrected chi connectivity index (χ0v) is 12.1. The molecule has 0 saturated heterocycles. The van der Waals surface area contributed by atoms with Crippen LogP contribution in [0, 0.1) is 5.92 Å². The highest BCUT2D eigenvalue weighted by molar-refractivity contribution is 9.10. The van der Waals surface area contributed by atoms with E-state index in [0.717, 1.165) is 34.2 Å². The molecule has 0 amide bonds. The van der Waals surface area contributed by atoms with Gasteiger partial charge in [-0.05, 0) is 55.2 Å². The first-order valence-electron chi connectivity index (χ1n) is 6.46. The average molecular weight is 319 g/mol. The summed E-state index contributed by atoms with van der Waals surface area (Å²) in [6.07, 6.45) is 2.60. The van der Waals surface area contributed by atoms with Crippen LogP contribution in [0.1, 0.15) is 12.8 Å². The maximum atomic E-state index is 5.80. The van der Waals surface area contributed by atoms with Crippen molar-refractivity contribution in [3.05, 3.63) is 53.0 Å². The lowest BCUT2D eigenvalue weighted by Crippen LogP contribution is -1.98. The Labute approximate surface area is 121 Å². The van der Waals surface area contributed by atoms with Gasteiger partial charge in [-0.3, -0.25) is 0 Å². The summed E-state index contributed by atoms with van der Waals surface area (Å²) in [5, 5.41) is 0. The molecule has 3 heteroatoms. The van der Waals surface area contributed by atoms with Crippen LogP contribution in [-0.4, -0.2) is 6.61 Å². The highest BCUT2D eigenvalue weighted by Crippen LogP contribution is 2.31. The van der Waals surface area contributed by atoms with Gasteiger partial charge in [-0.2, -0.15) is 0 Å². The molecule has 0 bridgehead atoms. The molecule has 1 aliphatic carbocycles.